The summed E-state index contributed by atoms with van der Waals surface area (Å²) in [6, 6.07) is 12.6. The van der Waals surface area contributed by atoms with E-state index in [2.05, 4.69) is 30.8 Å². The van der Waals surface area contributed by atoms with Crippen molar-refractivity contribution in [2.45, 2.75) is 64.1 Å². The number of ether oxygens (including phenoxy) is 2. The van der Waals surface area contributed by atoms with Gasteiger partial charge in [0.05, 0.1) is 43.0 Å². The first-order valence-electron chi connectivity index (χ1n) is 18.0. The number of nitriles is 1. The van der Waals surface area contributed by atoms with Crippen LogP contribution in [0.1, 0.15) is 38.9 Å². The Hall–Kier alpha value is -5.24. The van der Waals surface area contributed by atoms with Gasteiger partial charge < -0.3 is 29.2 Å². The monoisotopic (exact) mass is 725 g/mol. The second-order valence-corrected chi connectivity index (χ2v) is 14.3. The number of nitrogens with zero attached hydrogens (tertiary/aromatic N) is 10. The van der Waals surface area contributed by atoms with Crippen LogP contribution in [0.5, 0.6) is 0 Å². The fourth-order valence-electron chi connectivity index (χ4n) is 7.49. The first-order chi connectivity index (χ1) is 25.6. The summed E-state index contributed by atoms with van der Waals surface area (Å²) >= 11 is 0. The molecular formula is C37H41F2N11O3. The number of benzene rings is 1. The van der Waals surface area contributed by atoms with Crippen molar-refractivity contribution in [3.05, 3.63) is 66.3 Å². The number of amides is 1. The molecule has 8 rings (SSSR count). The average molecular weight is 726 g/mol. The van der Waals surface area contributed by atoms with Crippen LogP contribution in [-0.4, -0.2) is 108 Å². The van der Waals surface area contributed by atoms with E-state index < -0.39 is 17.4 Å². The number of fused-ring (bicyclic) bond motifs is 2. The molecule has 5 aromatic rings. The molecule has 3 saturated heterocycles. The summed E-state index contributed by atoms with van der Waals surface area (Å²) in [6.45, 7) is 8.64. The number of piperazine rings is 1. The standard InChI is InChI=1S/C37H41F2N11O3/c1-37(2)52-23-26(53-37)21-50-28-8-4-3-7-27(28)43-31(50)22-46-14-16-47(17-15-46)36-33(39)35(42-25-6-5-13-48(20-25)32(51)11-12-40)44-34(45-36)29-18-41-30-10-9-24(38)19-49(29)30/h3-4,7-10,18-19,25-26H,5-6,11,13-17,20-23H2,1-2H3,(H,42,44,45)/t25-,26+/m1/s1. The van der Waals surface area contributed by atoms with Gasteiger partial charge in [-0.05, 0) is 51.0 Å². The highest BCUT2D eigenvalue weighted by Crippen LogP contribution is 2.31. The van der Waals surface area contributed by atoms with Crippen LogP contribution >= 0.6 is 0 Å². The van der Waals surface area contributed by atoms with Gasteiger partial charge in [-0.3, -0.25) is 14.1 Å². The summed E-state index contributed by atoms with van der Waals surface area (Å²) < 4.78 is 46.7. The molecule has 4 aromatic heterocycles. The molecule has 0 radical (unpaired) electrons. The first kappa shape index (κ1) is 34.8. The van der Waals surface area contributed by atoms with Crippen LogP contribution in [0.2, 0.25) is 0 Å². The summed E-state index contributed by atoms with van der Waals surface area (Å²) in [5.74, 6) is -0.714. The number of imidazole rings is 2. The van der Waals surface area contributed by atoms with Crippen LogP contribution in [-0.2, 0) is 27.4 Å². The molecular weight excluding hydrogens is 684 g/mol. The Morgan fingerprint density at radius 2 is 1.91 bits per heavy atom. The molecule has 3 aliphatic rings. The van der Waals surface area contributed by atoms with E-state index in [1.807, 2.05) is 43.0 Å². The Morgan fingerprint density at radius 3 is 2.70 bits per heavy atom. The predicted octanol–water partition coefficient (Wildman–Crippen LogP) is 4.21. The van der Waals surface area contributed by atoms with Crippen molar-refractivity contribution in [1.82, 2.24) is 38.7 Å². The van der Waals surface area contributed by atoms with Gasteiger partial charge in [0.15, 0.2) is 23.2 Å². The fourth-order valence-corrected chi connectivity index (χ4v) is 7.49. The molecule has 3 aliphatic heterocycles. The quantitative estimate of drug-likeness (QED) is 0.234. The number of para-hydroxylation sites is 2. The van der Waals surface area contributed by atoms with E-state index in [-0.39, 0.29) is 41.9 Å². The van der Waals surface area contributed by atoms with E-state index in [0.29, 0.717) is 83.1 Å². The van der Waals surface area contributed by atoms with Gasteiger partial charge >= 0.3 is 0 Å². The maximum Gasteiger partial charge on any atom is 0.236 e. The van der Waals surface area contributed by atoms with Gasteiger partial charge in [0, 0.05) is 51.5 Å². The highest BCUT2D eigenvalue weighted by Gasteiger charge is 2.34. The summed E-state index contributed by atoms with van der Waals surface area (Å²) in [5.41, 5.74) is 2.86. The van der Waals surface area contributed by atoms with Gasteiger partial charge in [-0.15, -0.1) is 0 Å². The molecule has 0 aliphatic carbocycles. The highest BCUT2D eigenvalue weighted by molar-refractivity contribution is 5.78. The minimum Gasteiger partial charge on any atom is -0.363 e. The molecule has 3 fully saturated rings. The lowest BCUT2D eigenvalue weighted by Crippen LogP contribution is -2.47. The van der Waals surface area contributed by atoms with Crippen molar-refractivity contribution in [3.63, 3.8) is 0 Å². The molecule has 53 heavy (non-hydrogen) atoms. The third-order valence-corrected chi connectivity index (χ3v) is 10.1. The normalized spacial score (nSPS) is 20.7. The average Bonchev–Trinajstić information content (AvgIpc) is 3.84. The van der Waals surface area contributed by atoms with Crippen molar-refractivity contribution in [2.75, 3.05) is 56.1 Å². The molecule has 14 nitrogen and oxygen atoms in total. The molecule has 1 aromatic carbocycles. The topological polar surface area (TPSA) is 142 Å². The second-order valence-electron chi connectivity index (χ2n) is 14.3. The molecule has 276 valence electrons. The number of piperidine rings is 1. The minimum absolute atomic E-state index is 0.00614. The number of anilines is 2. The predicted molar refractivity (Wildman–Crippen MR) is 192 cm³/mol. The number of carbonyl (C=O) groups is 1. The van der Waals surface area contributed by atoms with Gasteiger partial charge in [-0.25, -0.2) is 24.3 Å². The summed E-state index contributed by atoms with van der Waals surface area (Å²) in [7, 11) is 0. The molecule has 0 saturated carbocycles. The van der Waals surface area contributed by atoms with E-state index in [9.17, 15) is 9.18 Å². The third kappa shape index (κ3) is 7.24. The SMILES string of the molecule is CC1(C)OC[C@H](Cn2c(CN3CCN(c4nc(-c5cnc6ccc(F)cn56)nc(N[C@@H]5CCCN(C(=O)CC#N)C5)c4F)CC3)nc3ccccc32)O1. The van der Waals surface area contributed by atoms with E-state index >= 15 is 4.39 Å². The number of carbonyl (C=O) groups excluding carboxylic acids is 1. The van der Waals surface area contributed by atoms with Crippen LogP contribution in [0.3, 0.4) is 0 Å². The Balaban J connectivity index is 1.04. The summed E-state index contributed by atoms with van der Waals surface area (Å²) in [5, 5.41) is 12.3. The van der Waals surface area contributed by atoms with Crippen molar-refractivity contribution < 1.29 is 23.0 Å². The zero-order chi connectivity index (χ0) is 36.7. The molecule has 16 heteroatoms. The van der Waals surface area contributed by atoms with Crippen LogP contribution in [0.4, 0.5) is 20.4 Å². The molecule has 0 bridgehead atoms. The zero-order valence-corrected chi connectivity index (χ0v) is 29.7. The number of hydrogen-bond donors (Lipinski definition) is 1. The van der Waals surface area contributed by atoms with E-state index in [1.165, 1.54) is 12.3 Å². The number of halogens is 2. The van der Waals surface area contributed by atoms with Crippen LogP contribution in [0, 0.1) is 23.0 Å². The lowest BCUT2D eigenvalue weighted by molar-refractivity contribution is -0.139. The first-order valence-corrected chi connectivity index (χ1v) is 18.0. The van der Waals surface area contributed by atoms with Gasteiger partial charge in [0.25, 0.3) is 0 Å². The van der Waals surface area contributed by atoms with Crippen molar-refractivity contribution in [3.8, 4) is 17.6 Å². The maximum absolute atomic E-state index is 16.6. The van der Waals surface area contributed by atoms with Gasteiger partial charge in [-0.2, -0.15) is 9.65 Å². The van der Waals surface area contributed by atoms with Crippen molar-refractivity contribution in [2.24, 2.45) is 0 Å². The van der Waals surface area contributed by atoms with Gasteiger partial charge in [0.1, 0.15) is 35.5 Å². The molecule has 7 heterocycles. The lowest BCUT2D eigenvalue weighted by atomic mass is 10.1. The number of hydrogen-bond acceptors (Lipinski definition) is 11. The molecule has 0 spiro atoms. The Bertz CT molecular complexity index is 2190. The van der Waals surface area contributed by atoms with E-state index in [4.69, 9.17) is 24.7 Å². The summed E-state index contributed by atoms with van der Waals surface area (Å²) in [6.07, 6.45) is 3.92. The van der Waals surface area contributed by atoms with Gasteiger partial charge in [-0.1, -0.05) is 12.1 Å². The largest absolute Gasteiger partial charge is 0.363 e. The number of pyridine rings is 1. The van der Waals surface area contributed by atoms with E-state index in [1.54, 1.807) is 21.6 Å². The number of rotatable bonds is 9. The molecule has 1 N–H and O–H groups in total. The third-order valence-electron chi connectivity index (χ3n) is 10.1. The Kier molecular flexibility index (Phi) is 9.39. The highest BCUT2D eigenvalue weighted by atomic mass is 19.1. The Morgan fingerprint density at radius 1 is 1.08 bits per heavy atom. The molecule has 0 unspecified atom stereocenters. The summed E-state index contributed by atoms with van der Waals surface area (Å²) in [4.78, 5) is 37.0. The van der Waals surface area contributed by atoms with Crippen LogP contribution < -0.4 is 10.2 Å². The second kappa shape index (κ2) is 14.3. The van der Waals surface area contributed by atoms with Crippen molar-refractivity contribution in [1.29, 1.82) is 5.26 Å². The zero-order valence-electron chi connectivity index (χ0n) is 29.7. The van der Waals surface area contributed by atoms with Crippen molar-refractivity contribution >= 4 is 34.2 Å². The lowest BCUT2D eigenvalue weighted by Gasteiger charge is -2.36. The van der Waals surface area contributed by atoms with Gasteiger partial charge in [0.2, 0.25) is 11.7 Å². The minimum atomic E-state index is -0.627. The Labute approximate surface area is 305 Å². The molecule has 2 atom stereocenters. The number of nitrogens with one attached hydrogen (secondary N) is 1. The maximum atomic E-state index is 16.6. The number of likely N-dealkylation sites (tertiary alicyclic amines) is 1. The van der Waals surface area contributed by atoms with E-state index in [0.717, 1.165) is 16.9 Å². The number of aromatic nitrogens is 6. The van der Waals surface area contributed by atoms with Crippen LogP contribution in [0.15, 0.2) is 48.8 Å². The molecule has 1 amide bonds. The van der Waals surface area contributed by atoms with Crippen LogP contribution in [0.25, 0.3) is 28.2 Å². The smallest absolute Gasteiger partial charge is 0.236 e. The fraction of sp³-hybridized carbons (Fsp3) is 0.459.